The Labute approximate surface area is 199 Å². The molecule has 170 valence electrons. The maximum Gasteiger partial charge on any atom is 0.250 e. The van der Waals surface area contributed by atoms with Crippen molar-refractivity contribution in [2.45, 2.75) is 31.3 Å². The first kappa shape index (κ1) is 21.9. The Hall–Kier alpha value is -2.94. The maximum atomic E-state index is 13.8. The number of benzene rings is 2. The van der Waals surface area contributed by atoms with Crippen LogP contribution in [0, 0.1) is 18.8 Å². The Morgan fingerprint density at radius 2 is 1.79 bits per heavy atom. The first-order chi connectivity index (χ1) is 15.7. The first-order valence-corrected chi connectivity index (χ1v) is 11.2. The molecule has 5 rings (SSSR count). The van der Waals surface area contributed by atoms with Crippen molar-refractivity contribution in [3.05, 3.63) is 57.6 Å². The van der Waals surface area contributed by atoms with Crippen molar-refractivity contribution < 1.29 is 19.2 Å². The summed E-state index contributed by atoms with van der Waals surface area (Å²) in [6.45, 7) is 1.78. The Morgan fingerprint density at radius 3 is 2.45 bits per heavy atom. The van der Waals surface area contributed by atoms with Crippen molar-refractivity contribution in [1.29, 1.82) is 0 Å². The lowest BCUT2D eigenvalue weighted by Crippen LogP contribution is -2.53. The number of hydrogen-bond acceptors (Lipinski definition) is 5. The summed E-state index contributed by atoms with van der Waals surface area (Å²) in [6, 6.07) is 9.12. The highest BCUT2D eigenvalue weighted by Gasteiger charge is 2.70. The molecule has 4 atom stereocenters. The SMILES string of the molecule is Cc1c(Cl)ccc2c1NC(=O)[C@@]21N[C@@H](CCC(N)=O)[C@H]2C(=O)N(c3ccc(Cl)cc3)C(=O)[C@H]21. The van der Waals surface area contributed by atoms with Crippen LogP contribution in [0.1, 0.15) is 24.0 Å². The molecule has 2 saturated heterocycles. The summed E-state index contributed by atoms with van der Waals surface area (Å²) >= 11 is 12.2. The number of primary amides is 1. The molecule has 2 aromatic carbocycles. The standard InChI is InChI=1S/C23H20Cl2N4O4/c1-10-14(25)7-6-13-19(10)27-22(33)23(13)18-17(15(28-23)8-9-16(26)30)20(31)29(21(18)32)12-4-2-11(24)3-5-12/h2-7,15,17-18,28H,8-9H2,1H3,(H2,26,30)(H,27,33)/t15-,17+,18-,23+/m0/s1. The van der Waals surface area contributed by atoms with Gasteiger partial charge in [0, 0.05) is 28.1 Å². The highest BCUT2D eigenvalue weighted by Crippen LogP contribution is 2.55. The van der Waals surface area contributed by atoms with Gasteiger partial charge in [0.2, 0.25) is 23.6 Å². The van der Waals surface area contributed by atoms with Crippen molar-refractivity contribution in [2.75, 3.05) is 10.2 Å². The fourth-order valence-corrected chi connectivity index (χ4v) is 5.66. The molecule has 10 heteroatoms. The summed E-state index contributed by atoms with van der Waals surface area (Å²) < 4.78 is 0. The molecule has 3 aliphatic rings. The van der Waals surface area contributed by atoms with Crippen molar-refractivity contribution in [2.24, 2.45) is 17.6 Å². The number of carbonyl (C=O) groups is 4. The highest BCUT2D eigenvalue weighted by molar-refractivity contribution is 6.32. The van der Waals surface area contributed by atoms with Crippen LogP contribution >= 0.6 is 23.2 Å². The van der Waals surface area contributed by atoms with Gasteiger partial charge in [-0.1, -0.05) is 29.3 Å². The van der Waals surface area contributed by atoms with Gasteiger partial charge >= 0.3 is 0 Å². The monoisotopic (exact) mass is 486 g/mol. The molecule has 4 N–H and O–H groups in total. The van der Waals surface area contributed by atoms with E-state index in [1.165, 1.54) is 0 Å². The van der Waals surface area contributed by atoms with Gasteiger partial charge in [-0.15, -0.1) is 0 Å². The van der Waals surface area contributed by atoms with Gasteiger partial charge in [0.15, 0.2) is 0 Å². The van der Waals surface area contributed by atoms with E-state index in [0.717, 1.165) is 4.90 Å². The fraction of sp³-hybridized carbons (Fsp3) is 0.304. The topological polar surface area (TPSA) is 122 Å². The minimum absolute atomic E-state index is 0.00744. The molecule has 33 heavy (non-hydrogen) atoms. The van der Waals surface area contributed by atoms with Crippen LogP contribution in [0.2, 0.25) is 10.0 Å². The lowest BCUT2D eigenvalue weighted by Gasteiger charge is -2.29. The van der Waals surface area contributed by atoms with Gasteiger partial charge in [-0.05, 0) is 49.2 Å². The van der Waals surface area contributed by atoms with Gasteiger partial charge in [0.25, 0.3) is 0 Å². The van der Waals surface area contributed by atoms with Crippen LogP contribution in [0.25, 0.3) is 0 Å². The molecule has 0 radical (unpaired) electrons. The van der Waals surface area contributed by atoms with Crippen LogP contribution in [0.15, 0.2) is 36.4 Å². The van der Waals surface area contributed by atoms with E-state index in [4.69, 9.17) is 28.9 Å². The molecule has 2 fully saturated rings. The zero-order chi connectivity index (χ0) is 23.7. The number of imide groups is 1. The Bertz CT molecular complexity index is 1230. The van der Waals surface area contributed by atoms with E-state index in [9.17, 15) is 19.2 Å². The summed E-state index contributed by atoms with van der Waals surface area (Å²) in [5, 5.41) is 7.06. The van der Waals surface area contributed by atoms with Crippen LogP contribution in [0.5, 0.6) is 0 Å². The van der Waals surface area contributed by atoms with Gasteiger partial charge in [0.1, 0.15) is 5.54 Å². The molecule has 3 aliphatic heterocycles. The van der Waals surface area contributed by atoms with Gasteiger partial charge in [0.05, 0.1) is 23.2 Å². The van der Waals surface area contributed by atoms with Gasteiger partial charge in [-0.2, -0.15) is 0 Å². The van der Waals surface area contributed by atoms with E-state index in [2.05, 4.69) is 10.6 Å². The lowest BCUT2D eigenvalue weighted by atomic mass is 9.76. The molecule has 1 spiro atoms. The van der Waals surface area contributed by atoms with Crippen LogP contribution in [-0.4, -0.2) is 29.7 Å². The smallest absolute Gasteiger partial charge is 0.250 e. The average Bonchev–Trinajstić information content (AvgIpc) is 3.35. The Morgan fingerprint density at radius 1 is 1.09 bits per heavy atom. The zero-order valence-corrected chi connectivity index (χ0v) is 19.0. The summed E-state index contributed by atoms with van der Waals surface area (Å²) in [5.74, 6) is -3.73. The number of hydrogen-bond donors (Lipinski definition) is 3. The number of nitrogens with one attached hydrogen (secondary N) is 2. The summed E-state index contributed by atoms with van der Waals surface area (Å²) in [4.78, 5) is 53.4. The van der Waals surface area contributed by atoms with Crippen molar-refractivity contribution in [1.82, 2.24) is 5.32 Å². The van der Waals surface area contributed by atoms with Gasteiger partial charge in [-0.3, -0.25) is 24.5 Å². The van der Waals surface area contributed by atoms with Crippen molar-refractivity contribution in [3.63, 3.8) is 0 Å². The molecule has 2 aromatic rings. The van der Waals surface area contributed by atoms with Crippen LogP contribution in [0.4, 0.5) is 11.4 Å². The van der Waals surface area contributed by atoms with Crippen LogP contribution < -0.4 is 21.3 Å². The molecule has 0 bridgehead atoms. The molecular weight excluding hydrogens is 467 g/mol. The summed E-state index contributed by atoms with van der Waals surface area (Å²) in [7, 11) is 0. The predicted octanol–water partition coefficient (Wildman–Crippen LogP) is 2.49. The van der Waals surface area contributed by atoms with Crippen LogP contribution in [-0.2, 0) is 24.7 Å². The van der Waals surface area contributed by atoms with E-state index in [1.807, 2.05) is 0 Å². The number of halogens is 2. The summed E-state index contributed by atoms with van der Waals surface area (Å²) in [6.07, 6.45) is 0.217. The number of amides is 4. The normalized spacial score (nSPS) is 27.8. The zero-order valence-electron chi connectivity index (χ0n) is 17.5. The number of fused-ring (bicyclic) bond motifs is 4. The average molecular weight is 487 g/mol. The number of nitrogens with two attached hydrogens (primary N) is 1. The molecule has 0 aromatic heterocycles. The third-order valence-electron chi connectivity index (χ3n) is 6.87. The molecule has 8 nitrogen and oxygen atoms in total. The third-order valence-corrected chi connectivity index (χ3v) is 7.53. The second-order valence-corrected chi connectivity index (χ2v) is 9.45. The van der Waals surface area contributed by atoms with Gasteiger partial charge < -0.3 is 11.1 Å². The van der Waals surface area contributed by atoms with E-state index in [0.29, 0.717) is 32.5 Å². The predicted molar refractivity (Wildman–Crippen MR) is 123 cm³/mol. The molecule has 0 saturated carbocycles. The lowest BCUT2D eigenvalue weighted by molar-refractivity contribution is -0.130. The van der Waals surface area contributed by atoms with Crippen LogP contribution in [0.3, 0.4) is 0 Å². The number of rotatable bonds is 4. The highest BCUT2D eigenvalue weighted by atomic mass is 35.5. The van der Waals surface area contributed by atoms with Crippen molar-refractivity contribution >= 4 is 58.2 Å². The molecule has 3 heterocycles. The molecule has 0 unspecified atom stereocenters. The van der Waals surface area contributed by atoms with E-state index < -0.39 is 47.0 Å². The van der Waals surface area contributed by atoms with E-state index in [-0.39, 0.29) is 12.8 Å². The second-order valence-electron chi connectivity index (χ2n) is 8.60. The minimum Gasteiger partial charge on any atom is -0.370 e. The fourth-order valence-electron chi connectivity index (χ4n) is 5.38. The number of carbonyl (C=O) groups excluding carboxylic acids is 4. The first-order valence-electron chi connectivity index (χ1n) is 10.5. The Balaban J connectivity index is 1.66. The largest absolute Gasteiger partial charge is 0.370 e. The summed E-state index contributed by atoms with van der Waals surface area (Å²) in [5.41, 5.74) is 6.02. The third kappa shape index (κ3) is 3.01. The number of anilines is 2. The molecule has 4 amide bonds. The molecule has 0 aliphatic carbocycles. The minimum atomic E-state index is -1.47. The molecular formula is C23H20Cl2N4O4. The quantitative estimate of drug-likeness (QED) is 0.573. The second kappa shape index (κ2) is 7.55. The van der Waals surface area contributed by atoms with E-state index in [1.54, 1.807) is 43.3 Å². The van der Waals surface area contributed by atoms with Gasteiger partial charge in [-0.25, -0.2) is 4.90 Å². The number of nitrogens with zero attached hydrogens (tertiary/aromatic N) is 1. The Kier molecular flexibility index (Phi) is 5.00. The maximum absolute atomic E-state index is 13.8. The van der Waals surface area contributed by atoms with Crippen molar-refractivity contribution in [3.8, 4) is 0 Å². The van der Waals surface area contributed by atoms with E-state index >= 15 is 0 Å².